The number of ketones is 1. The summed E-state index contributed by atoms with van der Waals surface area (Å²) in [6, 6.07) is -0.209. The van der Waals surface area contributed by atoms with Gasteiger partial charge in [-0.05, 0) is 52.2 Å². The van der Waals surface area contributed by atoms with Crippen LogP contribution in [0.5, 0.6) is 0 Å². The van der Waals surface area contributed by atoms with Crippen molar-refractivity contribution in [1.82, 2.24) is 15.5 Å². The van der Waals surface area contributed by atoms with Crippen LogP contribution in [0.1, 0.15) is 46.5 Å². The lowest BCUT2D eigenvalue weighted by molar-refractivity contribution is -0.121. The van der Waals surface area contributed by atoms with Crippen LogP contribution in [-0.2, 0) is 4.79 Å². The Labute approximate surface area is 140 Å². The van der Waals surface area contributed by atoms with Gasteiger partial charge >= 0.3 is 6.03 Å². The molecular weight excluding hydrogens is 298 g/mol. The second-order valence-corrected chi connectivity index (χ2v) is 7.18. The van der Waals surface area contributed by atoms with Crippen molar-refractivity contribution in [3.05, 3.63) is 0 Å². The number of likely N-dealkylation sites (N-methyl/N-ethyl adjacent to an activating group) is 1. The molecule has 2 N–H and O–H groups in total. The minimum Gasteiger partial charge on any atom is -0.327 e. The highest BCUT2D eigenvalue weighted by Gasteiger charge is 2.26. The maximum Gasteiger partial charge on any atom is 0.317 e. The number of urea groups is 1. The van der Waals surface area contributed by atoms with E-state index in [1.54, 1.807) is 25.8 Å². The predicted molar refractivity (Wildman–Crippen MR) is 95.6 cm³/mol. The maximum absolute atomic E-state index is 12.0. The number of thioether (sulfide) groups is 1. The highest BCUT2D eigenvalue weighted by molar-refractivity contribution is 7.98. The molecule has 0 rings (SSSR count). The highest BCUT2D eigenvalue weighted by Crippen LogP contribution is 2.05. The quantitative estimate of drug-likeness (QED) is 0.540. The summed E-state index contributed by atoms with van der Waals surface area (Å²) in [5.74, 6) is 1.21. The molecule has 0 aromatic rings. The highest BCUT2D eigenvalue weighted by atomic mass is 32.2. The molecule has 0 atom stereocenters. The molecular formula is C16H33N3O2S. The van der Waals surface area contributed by atoms with Crippen LogP contribution < -0.4 is 10.6 Å². The van der Waals surface area contributed by atoms with Crippen molar-refractivity contribution < 1.29 is 9.59 Å². The average molecular weight is 332 g/mol. The number of Topliss-reactive ketones (excluding diaryl/α,β-unsaturated/α-hetero) is 1. The Morgan fingerprint density at radius 3 is 2.32 bits per heavy atom. The van der Waals surface area contributed by atoms with E-state index in [9.17, 15) is 9.59 Å². The average Bonchev–Trinajstić information content (AvgIpc) is 2.44. The third-order valence-electron chi connectivity index (χ3n) is 3.72. The van der Waals surface area contributed by atoms with E-state index in [-0.39, 0.29) is 11.8 Å². The lowest BCUT2D eigenvalue weighted by Crippen LogP contribution is -2.53. The van der Waals surface area contributed by atoms with Crippen LogP contribution in [0.3, 0.4) is 0 Å². The fourth-order valence-corrected chi connectivity index (χ4v) is 2.27. The first kappa shape index (κ1) is 21.2. The zero-order chi connectivity index (χ0) is 17.0. The Balaban J connectivity index is 3.66. The van der Waals surface area contributed by atoms with Gasteiger partial charge in [-0.25, -0.2) is 4.79 Å². The summed E-state index contributed by atoms with van der Waals surface area (Å²) < 4.78 is 0. The molecule has 5 nitrogen and oxygen atoms in total. The molecule has 6 heteroatoms. The second kappa shape index (κ2) is 11.8. The second-order valence-electron chi connectivity index (χ2n) is 6.19. The summed E-state index contributed by atoms with van der Waals surface area (Å²) in [7, 11) is 1.75. The van der Waals surface area contributed by atoms with E-state index in [4.69, 9.17) is 0 Å². The van der Waals surface area contributed by atoms with E-state index in [1.807, 2.05) is 11.8 Å². The number of hydrogen-bond donors (Lipinski definition) is 2. The molecule has 0 aromatic heterocycles. The van der Waals surface area contributed by atoms with Gasteiger partial charge in [0.1, 0.15) is 0 Å². The molecule has 0 saturated carbocycles. The zero-order valence-electron chi connectivity index (χ0n) is 14.8. The summed E-state index contributed by atoms with van der Waals surface area (Å²) in [4.78, 5) is 25.0. The predicted octanol–water partition coefficient (Wildman–Crippen LogP) is 2.51. The number of carbonyl (C=O) groups is 2. The number of rotatable bonds is 12. The van der Waals surface area contributed by atoms with Gasteiger partial charge in [-0.15, -0.1) is 0 Å². The number of nitrogens with one attached hydrogen (secondary N) is 2. The Morgan fingerprint density at radius 1 is 1.09 bits per heavy atom. The monoisotopic (exact) mass is 331 g/mol. The van der Waals surface area contributed by atoms with Crippen LogP contribution >= 0.6 is 11.8 Å². The van der Waals surface area contributed by atoms with Crippen LogP contribution in [0, 0.1) is 0 Å². The van der Waals surface area contributed by atoms with Crippen molar-refractivity contribution in [3.8, 4) is 0 Å². The van der Waals surface area contributed by atoms with E-state index in [0.717, 1.165) is 13.1 Å². The van der Waals surface area contributed by atoms with Gasteiger partial charge in [0.05, 0.1) is 5.54 Å². The van der Waals surface area contributed by atoms with Crippen molar-refractivity contribution in [1.29, 1.82) is 0 Å². The van der Waals surface area contributed by atoms with Crippen LogP contribution in [-0.4, -0.2) is 60.9 Å². The normalized spacial score (nSPS) is 11.3. The summed E-state index contributed by atoms with van der Waals surface area (Å²) in [5, 5.41) is 6.10. The van der Waals surface area contributed by atoms with Gasteiger partial charge in [-0.3, -0.25) is 4.79 Å². The van der Waals surface area contributed by atoms with E-state index in [1.165, 1.54) is 38.4 Å². The Kier molecular flexibility index (Phi) is 11.4. The third kappa shape index (κ3) is 10.1. The molecule has 0 aliphatic heterocycles. The largest absolute Gasteiger partial charge is 0.327 e. The molecule has 130 valence electrons. The fourth-order valence-electron chi connectivity index (χ4n) is 1.77. The molecule has 0 aliphatic carbocycles. The Bertz CT molecular complexity index is 335. The van der Waals surface area contributed by atoms with Gasteiger partial charge in [-0.1, -0.05) is 12.8 Å². The molecule has 0 aliphatic rings. The SMILES string of the molecule is CSCCCCCCNCCN(C)C(=O)NC(C)(C)C(C)=O. The Morgan fingerprint density at radius 2 is 1.73 bits per heavy atom. The molecule has 0 saturated heterocycles. The van der Waals surface area contributed by atoms with Crippen molar-refractivity contribution in [2.24, 2.45) is 0 Å². The van der Waals surface area contributed by atoms with Crippen LogP contribution in [0.25, 0.3) is 0 Å². The number of hydrogen-bond acceptors (Lipinski definition) is 4. The van der Waals surface area contributed by atoms with Crippen LogP contribution in [0.15, 0.2) is 0 Å². The number of unbranched alkanes of at least 4 members (excludes halogenated alkanes) is 3. The molecule has 2 amide bonds. The molecule has 0 fully saturated rings. The summed E-state index contributed by atoms with van der Waals surface area (Å²) >= 11 is 1.90. The molecule has 0 aromatic carbocycles. The van der Waals surface area contributed by atoms with Crippen molar-refractivity contribution in [2.75, 3.05) is 38.7 Å². The molecule has 0 radical (unpaired) electrons. The van der Waals surface area contributed by atoms with Gasteiger partial charge < -0.3 is 15.5 Å². The number of nitrogens with zero attached hydrogens (tertiary/aromatic N) is 1. The third-order valence-corrected chi connectivity index (χ3v) is 4.42. The standard InChI is InChI=1S/C16H33N3O2S/c1-14(20)16(2,3)18-15(21)19(4)12-11-17-10-8-6-7-9-13-22-5/h17H,6-13H2,1-5H3,(H,18,21). The van der Waals surface area contributed by atoms with E-state index in [2.05, 4.69) is 16.9 Å². The molecule has 22 heavy (non-hydrogen) atoms. The number of carbonyl (C=O) groups excluding carboxylic acids is 2. The minimum atomic E-state index is -0.810. The molecule has 0 spiro atoms. The number of amides is 2. The first-order valence-electron chi connectivity index (χ1n) is 8.05. The lowest BCUT2D eigenvalue weighted by atomic mass is 10.0. The van der Waals surface area contributed by atoms with Crippen molar-refractivity contribution in [2.45, 2.75) is 52.0 Å². The van der Waals surface area contributed by atoms with E-state index >= 15 is 0 Å². The Hall–Kier alpha value is -0.750. The molecule has 0 heterocycles. The van der Waals surface area contributed by atoms with Gasteiger partial charge in [0.2, 0.25) is 0 Å². The molecule has 0 unspecified atom stereocenters. The zero-order valence-corrected chi connectivity index (χ0v) is 15.6. The van der Waals surface area contributed by atoms with Crippen LogP contribution in [0.4, 0.5) is 4.79 Å². The van der Waals surface area contributed by atoms with Gasteiger partial charge in [0.15, 0.2) is 5.78 Å². The van der Waals surface area contributed by atoms with Crippen LogP contribution in [0.2, 0.25) is 0 Å². The lowest BCUT2D eigenvalue weighted by Gasteiger charge is -2.27. The van der Waals surface area contributed by atoms with Crippen molar-refractivity contribution >= 4 is 23.6 Å². The molecule has 0 bridgehead atoms. The summed E-state index contributed by atoms with van der Waals surface area (Å²) in [6.45, 7) is 7.32. The first-order valence-corrected chi connectivity index (χ1v) is 9.44. The van der Waals surface area contributed by atoms with Gasteiger partial charge in [-0.2, -0.15) is 11.8 Å². The van der Waals surface area contributed by atoms with Gasteiger partial charge in [0, 0.05) is 20.1 Å². The smallest absolute Gasteiger partial charge is 0.317 e. The topological polar surface area (TPSA) is 61.4 Å². The summed E-state index contributed by atoms with van der Waals surface area (Å²) in [5.41, 5.74) is -0.810. The first-order chi connectivity index (χ1) is 10.3. The van der Waals surface area contributed by atoms with E-state index in [0.29, 0.717) is 6.54 Å². The van der Waals surface area contributed by atoms with E-state index < -0.39 is 5.54 Å². The maximum atomic E-state index is 12.0. The van der Waals surface area contributed by atoms with Crippen molar-refractivity contribution in [3.63, 3.8) is 0 Å². The van der Waals surface area contributed by atoms with Gasteiger partial charge in [0.25, 0.3) is 0 Å². The summed E-state index contributed by atoms with van der Waals surface area (Å²) in [6.07, 6.45) is 7.19. The minimum absolute atomic E-state index is 0.0474. The fraction of sp³-hybridized carbons (Fsp3) is 0.875.